The SMILES string of the molecule is CCC(CO)NC(C)CC#N. The lowest BCUT2D eigenvalue weighted by atomic mass is 10.2. The van der Waals surface area contributed by atoms with Gasteiger partial charge < -0.3 is 10.4 Å². The Morgan fingerprint density at radius 1 is 1.64 bits per heavy atom. The van der Waals surface area contributed by atoms with Crippen LogP contribution < -0.4 is 5.32 Å². The van der Waals surface area contributed by atoms with Crippen LogP contribution in [0.4, 0.5) is 0 Å². The zero-order valence-corrected chi connectivity index (χ0v) is 7.17. The lowest BCUT2D eigenvalue weighted by Crippen LogP contribution is -2.38. The van der Waals surface area contributed by atoms with Crippen molar-refractivity contribution in [1.29, 1.82) is 5.26 Å². The Labute approximate surface area is 68.0 Å². The van der Waals surface area contributed by atoms with E-state index in [4.69, 9.17) is 10.4 Å². The Bertz CT molecular complexity index is 127. The summed E-state index contributed by atoms with van der Waals surface area (Å²) in [6, 6.07) is 2.39. The van der Waals surface area contributed by atoms with Crippen LogP contribution in [0.15, 0.2) is 0 Å². The summed E-state index contributed by atoms with van der Waals surface area (Å²) in [6.07, 6.45) is 1.39. The third-order valence-electron chi connectivity index (χ3n) is 1.63. The highest BCUT2D eigenvalue weighted by Crippen LogP contribution is 1.94. The average Bonchev–Trinajstić information content (AvgIpc) is 2.01. The van der Waals surface area contributed by atoms with Crippen LogP contribution in [0, 0.1) is 11.3 Å². The zero-order valence-electron chi connectivity index (χ0n) is 7.17. The minimum Gasteiger partial charge on any atom is -0.395 e. The molecule has 2 N–H and O–H groups in total. The minimum atomic E-state index is 0.137. The van der Waals surface area contributed by atoms with Crippen molar-refractivity contribution in [3.63, 3.8) is 0 Å². The smallest absolute Gasteiger partial charge is 0.0638 e. The first-order chi connectivity index (χ1) is 5.24. The molecule has 0 aliphatic carbocycles. The van der Waals surface area contributed by atoms with Crippen LogP contribution in [-0.4, -0.2) is 23.8 Å². The first-order valence-electron chi connectivity index (χ1n) is 3.98. The maximum atomic E-state index is 8.80. The summed E-state index contributed by atoms with van der Waals surface area (Å²) < 4.78 is 0. The maximum Gasteiger partial charge on any atom is 0.0638 e. The van der Waals surface area contributed by atoms with Crippen molar-refractivity contribution in [2.45, 2.75) is 38.8 Å². The number of rotatable bonds is 5. The summed E-state index contributed by atoms with van der Waals surface area (Å²) in [7, 11) is 0. The molecule has 3 heteroatoms. The van der Waals surface area contributed by atoms with Gasteiger partial charge in [0.15, 0.2) is 0 Å². The van der Waals surface area contributed by atoms with Crippen molar-refractivity contribution in [3.05, 3.63) is 0 Å². The molecule has 0 saturated carbocycles. The molecule has 0 rings (SSSR count). The fourth-order valence-electron chi connectivity index (χ4n) is 0.898. The highest BCUT2D eigenvalue weighted by atomic mass is 16.3. The highest BCUT2D eigenvalue weighted by molar-refractivity contribution is 4.79. The molecule has 0 amide bonds. The Balaban J connectivity index is 3.55. The first kappa shape index (κ1) is 10.4. The second kappa shape index (κ2) is 6.14. The average molecular weight is 156 g/mol. The molecule has 0 spiro atoms. The largest absolute Gasteiger partial charge is 0.395 e. The normalized spacial score (nSPS) is 15.5. The van der Waals surface area contributed by atoms with Crippen molar-refractivity contribution < 1.29 is 5.11 Å². The molecule has 0 aromatic rings. The summed E-state index contributed by atoms with van der Waals surface area (Å²) >= 11 is 0. The van der Waals surface area contributed by atoms with E-state index in [9.17, 15) is 0 Å². The molecule has 0 saturated heterocycles. The summed E-state index contributed by atoms with van der Waals surface area (Å²) in [5.74, 6) is 0. The second-order valence-electron chi connectivity index (χ2n) is 2.72. The van der Waals surface area contributed by atoms with Crippen molar-refractivity contribution in [3.8, 4) is 6.07 Å². The Kier molecular flexibility index (Phi) is 5.81. The Hall–Kier alpha value is -0.590. The fourth-order valence-corrected chi connectivity index (χ4v) is 0.898. The number of nitriles is 1. The van der Waals surface area contributed by atoms with Crippen LogP contribution in [0.1, 0.15) is 26.7 Å². The molecule has 3 nitrogen and oxygen atoms in total. The van der Waals surface area contributed by atoms with Gasteiger partial charge in [0, 0.05) is 12.1 Å². The van der Waals surface area contributed by atoms with Gasteiger partial charge in [0.2, 0.25) is 0 Å². The third-order valence-corrected chi connectivity index (χ3v) is 1.63. The van der Waals surface area contributed by atoms with Crippen LogP contribution in [0.2, 0.25) is 0 Å². The highest BCUT2D eigenvalue weighted by Gasteiger charge is 2.07. The molecule has 2 atom stereocenters. The summed E-state index contributed by atoms with van der Waals surface area (Å²) in [6.45, 7) is 4.10. The van der Waals surface area contributed by atoms with Crippen LogP contribution in [0.3, 0.4) is 0 Å². The van der Waals surface area contributed by atoms with Gasteiger partial charge >= 0.3 is 0 Å². The van der Waals surface area contributed by atoms with Crippen molar-refractivity contribution in [1.82, 2.24) is 5.32 Å². The van der Waals surface area contributed by atoms with Gasteiger partial charge in [-0.2, -0.15) is 5.26 Å². The van der Waals surface area contributed by atoms with E-state index in [1.54, 1.807) is 0 Å². The number of aliphatic hydroxyl groups is 1. The van der Waals surface area contributed by atoms with Gasteiger partial charge in [-0.05, 0) is 13.3 Å². The van der Waals surface area contributed by atoms with E-state index in [2.05, 4.69) is 11.4 Å². The molecule has 0 bridgehead atoms. The monoisotopic (exact) mass is 156 g/mol. The number of nitrogens with one attached hydrogen (secondary N) is 1. The molecule has 0 heterocycles. The molecule has 0 aliphatic rings. The van der Waals surface area contributed by atoms with E-state index in [1.165, 1.54) is 0 Å². The maximum absolute atomic E-state index is 8.80. The predicted molar refractivity (Wildman–Crippen MR) is 44.0 cm³/mol. The molecular formula is C8H16N2O. The number of hydrogen-bond donors (Lipinski definition) is 2. The number of nitrogens with zero attached hydrogens (tertiary/aromatic N) is 1. The fraction of sp³-hybridized carbons (Fsp3) is 0.875. The van der Waals surface area contributed by atoms with E-state index in [1.807, 2.05) is 13.8 Å². The summed E-state index contributed by atoms with van der Waals surface area (Å²) in [5.41, 5.74) is 0. The molecular weight excluding hydrogens is 140 g/mol. The quantitative estimate of drug-likeness (QED) is 0.614. The van der Waals surface area contributed by atoms with Gasteiger partial charge in [-0.3, -0.25) is 0 Å². The van der Waals surface area contributed by atoms with Gasteiger partial charge in [-0.25, -0.2) is 0 Å². The van der Waals surface area contributed by atoms with Crippen molar-refractivity contribution >= 4 is 0 Å². The summed E-state index contributed by atoms with van der Waals surface area (Å²) in [5, 5.41) is 20.3. The van der Waals surface area contributed by atoms with Crippen LogP contribution >= 0.6 is 0 Å². The van der Waals surface area contributed by atoms with E-state index < -0.39 is 0 Å². The molecule has 2 unspecified atom stereocenters. The van der Waals surface area contributed by atoms with Crippen LogP contribution in [0.5, 0.6) is 0 Å². The molecule has 0 fully saturated rings. The Morgan fingerprint density at radius 3 is 2.64 bits per heavy atom. The minimum absolute atomic E-state index is 0.137. The van der Waals surface area contributed by atoms with Crippen LogP contribution in [0.25, 0.3) is 0 Å². The molecule has 0 aromatic heterocycles. The van der Waals surface area contributed by atoms with E-state index in [-0.39, 0.29) is 18.7 Å². The second-order valence-corrected chi connectivity index (χ2v) is 2.72. The number of hydrogen-bond acceptors (Lipinski definition) is 3. The van der Waals surface area contributed by atoms with Gasteiger partial charge in [-0.15, -0.1) is 0 Å². The van der Waals surface area contributed by atoms with Crippen LogP contribution in [-0.2, 0) is 0 Å². The van der Waals surface area contributed by atoms with E-state index in [0.29, 0.717) is 6.42 Å². The molecule has 64 valence electrons. The Morgan fingerprint density at radius 2 is 2.27 bits per heavy atom. The molecule has 0 aromatic carbocycles. The lowest BCUT2D eigenvalue weighted by Gasteiger charge is -2.17. The van der Waals surface area contributed by atoms with E-state index >= 15 is 0 Å². The molecule has 11 heavy (non-hydrogen) atoms. The van der Waals surface area contributed by atoms with Gasteiger partial charge in [0.1, 0.15) is 0 Å². The zero-order chi connectivity index (χ0) is 8.69. The molecule has 0 radical (unpaired) electrons. The van der Waals surface area contributed by atoms with Gasteiger partial charge in [-0.1, -0.05) is 6.92 Å². The third kappa shape index (κ3) is 4.77. The standard InChI is InChI=1S/C8H16N2O/c1-3-8(6-11)10-7(2)4-5-9/h7-8,10-11H,3-4,6H2,1-2H3. The number of aliphatic hydroxyl groups excluding tert-OH is 1. The lowest BCUT2D eigenvalue weighted by molar-refractivity contribution is 0.230. The molecule has 0 aliphatic heterocycles. The predicted octanol–water partition coefficient (Wildman–Crippen LogP) is 0.649. The van der Waals surface area contributed by atoms with Gasteiger partial charge in [0.25, 0.3) is 0 Å². The van der Waals surface area contributed by atoms with Crippen molar-refractivity contribution in [2.24, 2.45) is 0 Å². The summed E-state index contributed by atoms with van der Waals surface area (Å²) in [4.78, 5) is 0. The van der Waals surface area contributed by atoms with E-state index in [0.717, 1.165) is 6.42 Å². The topological polar surface area (TPSA) is 56.0 Å². The van der Waals surface area contributed by atoms with Gasteiger partial charge in [0.05, 0.1) is 19.1 Å². The van der Waals surface area contributed by atoms with Crippen molar-refractivity contribution in [2.75, 3.05) is 6.61 Å². The first-order valence-corrected chi connectivity index (χ1v) is 3.98.